The molecule has 38 heavy (non-hydrogen) atoms. The maximum atomic E-state index is 13.5. The van der Waals surface area contributed by atoms with Crippen molar-refractivity contribution in [1.29, 1.82) is 0 Å². The van der Waals surface area contributed by atoms with Crippen molar-refractivity contribution in [3.8, 4) is 0 Å². The summed E-state index contributed by atoms with van der Waals surface area (Å²) in [6, 6.07) is 14.8. The fourth-order valence-electron chi connectivity index (χ4n) is 9.13. The van der Waals surface area contributed by atoms with Crippen LogP contribution in [0.4, 0.5) is 4.79 Å². The molecule has 5 aliphatic rings. The van der Waals surface area contributed by atoms with Crippen LogP contribution in [-0.2, 0) is 22.5 Å². The van der Waals surface area contributed by atoms with E-state index in [-0.39, 0.29) is 17.9 Å². The minimum Gasteiger partial charge on any atom is -0.480 e. The van der Waals surface area contributed by atoms with Gasteiger partial charge < -0.3 is 14.4 Å². The zero-order valence-corrected chi connectivity index (χ0v) is 22.4. The number of aliphatic carboxylic acids is 1. The molecule has 4 aliphatic carbocycles. The van der Waals surface area contributed by atoms with E-state index in [1.54, 1.807) is 4.90 Å². The van der Waals surface area contributed by atoms with Gasteiger partial charge in [0.25, 0.3) is 0 Å². The van der Waals surface area contributed by atoms with Gasteiger partial charge in [-0.3, -0.25) is 4.90 Å². The normalized spacial score (nSPS) is 31.4. The van der Waals surface area contributed by atoms with Crippen molar-refractivity contribution in [2.45, 2.75) is 63.6 Å². The molecule has 1 N–H and O–H groups in total. The third-order valence-electron chi connectivity index (χ3n) is 10.0. The second kappa shape index (κ2) is 8.77. The molecule has 2 unspecified atom stereocenters. The van der Waals surface area contributed by atoms with Crippen molar-refractivity contribution in [2.75, 3.05) is 7.11 Å². The van der Waals surface area contributed by atoms with Crippen LogP contribution in [0.3, 0.4) is 0 Å². The molecule has 0 saturated heterocycles. The van der Waals surface area contributed by atoms with Gasteiger partial charge in [-0.05, 0) is 85.0 Å². The van der Waals surface area contributed by atoms with E-state index in [0.29, 0.717) is 29.3 Å². The number of halogens is 1. The van der Waals surface area contributed by atoms with Crippen LogP contribution < -0.4 is 0 Å². The lowest BCUT2D eigenvalue weighted by Gasteiger charge is -2.62. The number of carbonyl (C=O) groups is 2. The Morgan fingerprint density at radius 3 is 2.26 bits per heavy atom. The maximum absolute atomic E-state index is 13.5. The number of benzene rings is 2. The van der Waals surface area contributed by atoms with Gasteiger partial charge in [0.15, 0.2) is 0 Å². The Morgan fingerprint density at radius 1 is 1.00 bits per heavy atom. The molecule has 4 saturated carbocycles. The summed E-state index contributed by atoms with van der Waals surface area (Å²) in [6.07, 6.45) is 6.63. The summed E-state index contributed by atoms with van der Waals surface area (Å²) in [7, 11) is 1.37. The number of amides is 1. The van der Waals surface area contributed by atoms with Crippen LogP contribution in [0, 0.1) is 23.2 Å². The standard InChI is InChI=1S/C31H33ClN2O4/c1-38-30(37)34-26(29(35)36)13-23-22-7-3-5-9-25(22)33(17-21-6-2-4-8-24(21)32)27(23)28(34)31-14-18-10-19(15-31)12-20(11-18)16-31/h2-9,18-20,26,28H,10-17H2,1H3,(H,35,36). The Labute approximate surface area is 227 Å². The van der Waals surface area contributed by atoms with Gasteiger partial charge in [-0.2, -0.15) is 0 Å². The molecule has 2 aromatic carbocycles. The minimum atomic E-state index is -0.973. The van der Waals surface area contributed by atoms with E-state index in [0.717, 1.165) is 47.0 Å². The van der Waals surface area contributed by atoms with Crippen LogP contribution in [-0.4, -0.2) is 39.8 Å². The highest BCUT2D eigenvalue weighted by Crippen LogP contribution is 2.66. The first-order valence-electron chi connectivity index (χ1n) is 13.8. The molecular formula is C31H33ClN2O4. The summed E-state index contributed by atoms with van der Waals surface area (Å²) in [5.41, 5.74) is 4.05. The Bertz CT molecular complexity index is 1410. The van der Waals surface area contributed by atoms with Crippen molar-refractivity contribution in [3.05, 3.63) is 70.4 Å². The zero-order valence-electron chi connectivity index (χ0n) is 21.6. The summed E-state index contributed by atoms with van der Waals surface area (Å²) in [4.78, 5) is 27.9. The highest BCUT2D eigenvalue weighted by Gasteiger charge is 2.60. The average molecular weight is 533 g/mol. The molecule has 3 aromatic rings. The van der Waals surface area contributed by atoms with E-state index in [1.807, 2.05) is 36.4 Å². The Morgan fingerprint density at radius 2 is 1.63 bits per heavy atom. The predicted octanol–water partition coefficient (Wildman–Crippen LogP) is 6.68. The van der Waals surface area contributed by atoms with Crippen LogP contribution in [0.2, 0.25) is 5.02 Å². The molecule has 7 heteroatoms. The van der Waals surface area contributed by atoms with E-state index in [1.165, 1.54) is 26.4 Å². The second-order valence-electron chi connectivity index (χ2n) is 12.2. The molecule has 0 spiro atoms. The van der Waals surface area contributed by atoms with Crippen molar-refractivity contribution >= 4 is 34.6 Å². The van der Waals surface area contributed by atoms with Gasteiger partial charge in [-0.25, -0.2) is 9.59 Å². The average Bonchev–Trinajstić information content (AvgIpc) is 3.20. The molecule has 1 aromatic heterocycles. The number of rotatable bonds is 4. The Hall–Kier alpha value is -2.99. The first-order valence-corrected chi connectivity index (χ1v) is 14.2. The van der Waals surface area contributed by atoms with Crippen LogP contribution in [0.25, 0.3) is 10.9 Å². The Balaban J connectivity index is 1.50. The fraction of sp³-hybridized carbons (Fsp3) is 0.484. The van der Waals surface area contributed by atoms with Crippen molar-refractivity contribution in [2.24, 2.45) is 23.2 Å². The molecule has 2 heterocycles. The monoisotopic (exact) mass is 532 g/mol. The molecule has 0 radical (unpaired) electrons. The van der Waals surface area contributed by atoms with Gasteiger partial charge in [-0.1, -0.05) is 48.0 Å². The molecule has 1 amide bonds. The first kappa shape index (κ1) is 24.1. The minimum absolute atomic E-state index is 0.154. The van der Waals surface area contributed by atoms with Crippen molar-refractivity contribution in [1.82, 2.24) is 9.47 Å². The number of carboxylic acids is 1. The quantitative estimate of drug-likeness (QED) is 0.407. The summed E-state index contributed by atoms with van der Waals surface area (Å²) in [5.74, 6) is 0.973. The lowest BCUT2D eigenvalue weighted by Crippen LogP contribution is -2.60. The summed E-state index contributed by atoms with van der Waals surface area (Å²) >= 11 is 6.66. The number of fused-ring (bicyclic) bond motifs is 3. The molecule has 1 aliphatic heterocycles. The molecular weight excluding hydrogens is 500 g/mol. The molecule has 4 bridgehead atoms. The van der Waals surface area contributed by atoms with Crippen LogP contribution in [0.5, 0.6) is 0 Å². The third kappa shape index (κ3) is 3.52. The molecule has 4 fully saturated rings. The number of ether oxygens (including phenoxy) is 1. The lowest BCUT2D eigenvalue weighted by molar-refractivity contribution is -0.150. The second-order valence-corrected chi connectivity index (χ2v) is 12.6. The number of aromatic nitrogens is 1. The number of para-hydroxylation sites is 1. The maximum Gasteiger partial charge on any atom is 0.410 e. The van der Waals surface area contributed by atoms with E-state index in [4.69, 9.17) is 16.3 Å². The predicted molar refractivity (Wildman–Crippen MR) is 145 cm³/mol. The summed E-state index contributed by atoms with van der Waals surface area (Å²) in [6.45, 7) is 0.561. The Kier molecular flexibility index (Phi) is 5.56. The highest BCUT2D eigenvalue weighted by molar-refractivity contribution is 6.31. The molecule has 198 valence electrons. The highest BCUT2D eigenvalue weighted by atomic mass is 35.5. The number of methoxy groups -OCH3 is 1. The number of nitrogens with zero attached hydrogens (tertiary/aromatic N) is 2. The zero-order chi connectivity index (χ0) is 26.2. The van der Waals surface area contributed by atoms with Gasteiger partial charge in [0, 0.05) is 34.6 Å². The van der Waals surface area contributed by atoms with Crippen molar-refractivity contribution < 1.29 is 19.4 Å². The number of carboxylic acid groups (broad SMARTS) is 1. The fourth-order valence-corrected chi connectivity index (χ4v) is 9.33. The summed E-state index contributed by atoms with van der Waals surface area (Å²) < 4.78 is 7.65. The molecule has 6 nitrogen and oxygen atoms in total. The van der Waals surface area contributed by atoms with Gasteiger partial charge >= 0.3 is 12.1 Å². The van der Waals surface area contributed by atoms with Crippen molar-refractivity contribution in [3.63, 3.8) is 0 Å². The third-order valence-corrected chi connectivity index (χ3v) is 10.4. The largest absolute Gasteiger partial charge is 0.480 e. The molecule has 2 atom stereocenters. The van der Waals surface area contributed by atoms with E-state index < -0.39 is 18.1 Å². The summed E-state index contributed by atoms with van der Waals surface area (Å²) in [5, 5.41) is 12.2. The molecule has 8 rings (SSSR count). The van der Waals surface area contributed by atoms with Gasteiger partial charge in [-0.15, -0.1) is 0 Å². The lowest BCUT2D eigenvalue weighted by atomic mass is 9.47. The number of hydrogen-bond acceptors (Lipinski definition) is 3. The van der Waals surface area contributed by atoms with Gasteiger partial charge in [0.1, 0.15) is 6.04 Å². The number of carbonyl (C=O) groups excluding carboxylic acids is 1. The van der Waals surface area contributed by atoms with Gasteiger partial charge in [0.2, 0.25) is 0 Å². The van der Waals surface area contributed by atoms with Crippen LogP contribution in [0.15, 0.2) is 48.5 Å². The van der Waals surface area contributed by atoms with E-state index in [9.17, 15) is 14.7 Å². The van der Waals surface area contributed by atoms with Gasteiger partial charge in [0.05, 0.1) is 13.2 Å². The van der Waals surface area contributed by atoms with Crippen LogP contribution in [0.1, 0.15) is 61.4 Å². The SMILES string of the molecule is COC(=O)N1C(C(=O)O)Cc2c(n(Cc3ccccc3Cl)c3ccccc23)C1C12CC3CC(CC(C3)C1)C2. The first-order chi connectivity index (χ1) is 18.4. The van der Waals surface area contributed by atoms with E-state index >= 15 is 0 Å². The number of hydrogen-bond donors (Lipinski definition) is 1. The van der Waals surface area contributed by atoms with E-state index in [2.05, 4.69) is 16.7 Å². The van der Waals surface area contributed by atoms with Crippen LogP contribution >= 0.6 is 11.6 Å². The topological polar surface area (TPSA) is 71.8 Å². The smallest absolute Gasteiger partial charge is 0.410 e.